The first-order chi connectivity index (χ1) is 7.29. The number of carbonyl (C=O) groups is 1. The average Bonchev–Trinajstić information content (AvgIpc) is 2.30. The number of ketones is 1. The molecule has 1 N–H and O–H groups in total. The van der Waals surface area contributed by atoms with Gasteiger partial charge in [-0.2, -0.15) is 0 Å². The summed E-state index contributed by atoms with van der Waals surface area (Å²) in [4.78, 5) is 12.0. The van der Waals surface area contributed by atoms with E-state index in [1.54, 1.807) is 18.3 Å². The van der Waals surface area contributed by atoms with Crippen molar-refractivity contribution in [3.63, 3.8) is 0 Å². The molecule has 1 aliphatic rings. The molecule has 0 bridgehead atoms. The standard InChI is InChI=1S/C12H12ClNO/c13-11-6-2-1-5-10(11)12(15)9-4-3-7-14-8-9/h1-2,5-6,8,14H,3-4,7H2. The van der Waals surface area contributed by atoms with Crippen LogP contribution >= 0.6 is 11.6 Å². The number of halogens is 1. The topological polar surface area (TPSA) is 29.1 Å². The number of hydrogen-bond donors (Lipinski definition) is 1. The lowest BCUT2D eigenvalue weighted by atomic mass is 9.99. The molecule has 0 unspecified atom stereocenters. The van der Waals surface area contributed by atoms with Crippen LogP contribution in [0.15, 0.2) is 36.0 Å². The lowest BCUT2D eigenvalue weighted by Crippen LogP contribution is -2.18. The minimum atomic E-state index is 0.0350. The lowest BCUT2D eigenvalue weighted by Gasteiger charge is -2.13. The molecule has 1 heterocycles. The Balaban J connectivity index is 2.28. The summed E-state index contributed by atoms with van der Waals surface area (Å²) in [6, 6.07) is 7.16. The van der Waals surface area contributed by atoms with E-state index in [1.165, 1.54) is 0 Å². The van der Waals surface area contributed by atoms with Gasteiger partial charge in [-0.25, -0.2) is 0 Å². The minimum absolute atomic E-state index is 0.0350. The van der Waals surface area contributed by atoms with E-state index in [0.717, 1.165) is 25.0 Å². The molecule has 1 aliphatic heterocycles. The van der Waals surface area contributed by atoms with Gasteiger partial charge in [-0.3, -0.25) is 4.79 Å². The van der Waals surface area contributed by atoms with E-state index >= 15 is 0 Å². The SMILES string of the molecule is O=C(C1=CNCCC1)c1ccccc1Cl. The fraction of sp³-hybridized carbons (Fsp3) is 0.250. The molecule has 2 nitrogen and oxygen atoms in total. The summed E-state index contributed by atoms with van der Waals surface area (Å²) >= 11 is 5.97. The molecule has 0 saturated carbocycles. The summed E-state index contributed by atoms with van der Waals surface area (Å²) in [5.41, 5.74) is 1.41. The molecule has 1 aromatic rings. The number of allylic oxidation sites excluding steroid dienone is 1. The highest BCUT2D eigenvalue weighted by molar-refractivity contribution is 6.34. The highest BCUT2D eigenvalue weighted by Crippen LogP contribution is 2.21. The zero-order chi connectivity index (χ0) is 10.7. The molecule has 0 fully saturated rings. The summed E-state index contributed by atoms with van der Waals surface area (Å²) in [6.07, 6.45) is 3.63. The summed E-state index contributed by atoms with van der Waals surface area (Å²) < 4.78 is 0. The van der Waals surface area contributed by atoms with E-state index < -0.39 is 0 Å². The monoisotopic (exact) mass is 221 g/mol. The van der Waals surface area contributed by atoms with Gasteiger partial charge in [0.25, 0.3) is 0 Å². The zero-order valence-electron chi connectivity index (χ0n) is 8.29. The van der Waals surface area contributed by atoms with Gasteiger partial charge in [-0.15, -0.1) is 0 Å². The van der Waals surface area contributed by atoms with Crippen LogP contribution in [0.4, 0.5) is 0 Å². The number of Topliss-reactive ketones (excluding diaryl/α,β-unsaturated/α-hetero) is 1. The van der Waals surface area contributed by atoms with Crippen LogP contribution in [0.2, 0.25) is 5.02 Å². The number of carbonyl (C=O) groups excluding carboxylic acids is 1. The lowest BCUT2D eigenvalue weighted by molar-refractivity contribution is 0.102. The van der Waals surface area contributed by atoms with Gasteiger partial charge >= 0.3 is 0 Å². The van der Waals surface area contributed by atoms with Crippen molar-refractivity contribution in [2.75, 3.05) is 6.54 Å². The number of nitrogens with one attached hydrogen (secondary N) is 1. The van der Waals surface area contributed by atoms with Crippen LogP contribution in [0.1, 0.15) is 23.2 Å². The van der Waals surface area contributed by atoms with Crippen molar-refractivity contribution < 1.29 is 4.79 Å². The normalized spacial score (nSPS) is 15.4. The van der Waals surface area contributed by atoms with Crippen LogP contribution in [-0.2, 0) is 0 Å². The zero-order valence-corrected chi connectivity index (χ0v) is 9.05. The molecular formula is C12H12ClNO. The molecule has 0 spiro atoms. The van der Waals surface area contributed by atoms with Crippen molar-refractivity contribution >= 4 is 17.4 Å². The highest BCUT2D eigenvalue weighted by Gasteiger charge is 2.16. The second kappa shape index (κ2) is 4.49. The van der Waals surface area contributed by atoms with Gasteiger partial charge in [-0.1, -0.05) is 23.7 Å². The van der Waals surface area contributed by atoms with Crippen molar-refractivity contribution in [1.29, 1.82) is 0 Å². The van der Waals surface area contributed by atoms with Crippen LogP contribution in [0.3, 0.4) is 0 Å². The Morgan fingerprint density at radius 1 is 1.33 bits per heavy atom. The molecule has 0 saturated heterocycles. The Bertz CT molecular complexity index is 412. The van der Waals surface area contributed by atoms with Gasteiger partial charge in [0.1, 0.15) is 0 Å². The van der Waals surface area contributed by atoms with Crippen LogP contribution in [0, 0.1) is 0 Å². The Morgan fingerprint density at radius 2 is 2.13 bits per heavy atom. The first kappa shape index (κ1) is 10.2. The molecule has 78 valence electrons. The number of rotatable bonds is 2. The van der Waals surface area contributed by atoms with E-state index in [-0.39, 0.29) is 5.78 Å². The molecule has 15 heavy (non-hydrogen) atoms. The molecule has 0 radical (unpaired) electrons. The summed E-state index contributed by atoms with van der Waals surface area (Å²) in [6.45, 7) is 0.944. The molecule has 1 aromatic carbocycles. The average molecular weight is 222 g/mol. The first-order valence-electron chi connectivity index (χ1n) is 5.00. The number of hydrogen-bond acceptors (Lipinski definition) is 2. The van der Waals surface area contributed by atoms with Gasteiger partial charge in [0.15, 0.2) is 5.78 Å². The third kappa shape index (κ3) is 2.21. The van der Waals surface area contributed by atoms with Gasteiger partial charge in [0.2, 0.25) is 0 Å². The van der Waals surface area contributed by atoms with Crippen molar-refractivity contribution in [1.82, 2.24) is 5.32 Å². The summed E-state index contributed by atoms with van der Waals surface area (Å²) in [5, 5.41) is 3.60. The van der Waals surface area contributed by atoms with Crippen LogP contribution in [-0.4, -0.2) is 12.3 Å². The largest absolute Gasteiger partial charge is 0.391 e. The van der Waals surface area contributed by atoms with Crippen LogP contribution in [0.25, 0.3) is 0 Å². The van der Waals surface area contributed by atoms with Gasteiger partial charge in [0, 0.05) is 23.9 Å². The van der Waals surface area contributed by atoms with Crippen LogP contribution < -0.4 is 5.32 Å². The molecule has 0 aromatic heterocycles. The Morgan fingerprint density at radius 3 is 2.80 bits per heavy atom. The third-order valence-corrected chi connectivity index (χ3v) is 2.78. The molecule has 3 heteroatoms. The van der Waals surface area contributed by atoms with Crippen LogP contribution in [0.5, 0.6) is 0 Å². The smallest absolute Gasteiger partial charge is 0.191 e. The first-order valence-corrected chi connectivity index (χ1v) is 5.38. The second-order valence-corrected chi connectivity index (χ2v) is 3.94. The van der Waals surface area contributed by atoms with E-state index in [9.17, 15) is 4.79 Å². The molecule has 2 rings (SSSR count). The number of benzene rings is 1. The van der Waals surface area contributed by atoms with Gasteiger partial charge in [-0.05, 0) is 25.0 Å². The fourth-order valence-corrected chi connectivity index (χ4v) is 1.87. The van der Waals surface area contributed by atoms with E-state index in [1.807, 2.05) is 12.1 Å². The second-order valence-electron chi connectivity index (χ2n) is 3.54. The van der Waals surface area contributed by atoms with E-state index in [2.05, 4.69) is 5.32 Å². The quantitative estimate of drug-likeness (QED) is 0.779. The Hall–Kier alpha value is -1.28. The predicted molar refractivity (Wildman–Crippen MR) is 61.1 cm³/mol. The van der Waals surface area contributed by atoms with Gasteiger partial charge in [0.05, 0.1) is 5.02 Å². The maximum Gasteiger partial charge on any atom is 0.191 e. The fourth-order valence-electron chi connectivity index (χ4n) is 1.65. The van der Waals surface area contributed by atoms with Gasteiger partial charge < -0.3 is 5.32 Å². The van der Waals surface area contributed by atoms with Crippen molar-refractivity contribution in [2.24, 2.45) is 0 Å². The highest BCUT2D eigenvalue weighted by atomic mass is 35.5. The molecule has 0 atom stereocenters. The van der Waals surface area contributed by atoms with Crippen molar-refractivity contribution in [3.8, 4) is 0 Å². The minimum Gasteiger partial charge on any atom is -0.391 e. The maximum atomic E-state index is 12.0. The maximum absolute atomic E-state index is 12.0. The third-order valence-electron chi connectivity index (χ3n) is 2.45. The van der Waals surface area contributed by atoms with E-state index in [4.69, 9.17) is 11.6 Å². The summed E-state index contributed by atoms with van der Waals surface area (Å²) in [7, 11) is 0. The van der Waals surface area contributed by atoms with E-state index in [0.29, 0.717) is 10.6 Å². The molecular weight excluding hydrogens is 210 g/mol. The summed E-state index contributed by atoms with van der Waals surface area (Å²) in [5.74, 6) is 0.0350. The molecule has 0 amide bonds. The Labute approximate surface area is 93.9 Å². The van der Waals surface area contributed by atoms with Crippen molar-refractivity contribution in [3.05, 3.63) is 46.6 Å². The predicted octanol–water partition coefficient (Wildman–Crippen LogP) is 2.79. The Kier molecular flexibility index (Phi) is 3.07. The molecule has 0 aliphatic carbocycles. The van der Waals surface area contributed by atoms with Crippen molar-refractivity contribution in [2.45, 2.75) is 12.8 Å².